The molecule has 0 aliphatic rings. The summed E-state index contributed by atoms with van der Waals surface area (Å²) < 4.78 is 1.55. The number of pyridine rings is 2. The molecule has 0 radical (unpaired) electrons. The van der Waals surface area contributed by atoms with Gasteiger partial charge in [0.2, 0.25) is 0 Å². The quantitative estimate of drug-likeness (QED) is 0.792. The molecule has 1 N–H and O–H groups in total. The van der Waals surface area contributed by atoms with Gasteiger partial charge < -0.3 is 4.98 Å². The fraction of sp³-hybridized carbons (Fsp3) is 0.267. The number of rotatable bonds is 3. The van der Waals surface area contributed by atoms with Crippen molar-refractivity contribution >= 4 is 11.2 Å². The lowest BCUT2D eigenvalue weighted by Crippen LogP contribution is -2.12. The summed E-state index contributed by atoms with van der Waals surface area (Å²) in [5, 5.41) is 0. The van der Waals surface area contributed by atoms with Crippen LogP contribution in [0.3, 0.4) is 0 Å². The average Bonchev–Trinajstić information content (AvgIpc) is 2.75. The van der Waals surface area contributed by atoms with Crippen LogP contribution < -0.4 is 5.69 Å². The van der Waals surface area contributed by atoms with Crippen molar-refractivity contribution in [3.63, 3.8) is 0 Å². The molecule has 0 aromatic carbocycles. The topological polar surface area (TPSA) is 63.6 Å². The highest BCUT2D eigenvalue weighted by atomic mass is 16.1. The van der Waals surface area contributed by atoms with Crippen LogP contribution in [0.1, 0.15) is 19.0 Å². The van der Waals surface area contributed by atoms with Gasteiger partial charge in [-0.25, -0.2) is 9.78 Å². The van der Waals surface area contributed by atoms with Crippen LogP contribution in [0.5, 0.6) is 0 Å². The molecule has 3 aromatic heterocycles. The molecular weight excluding hydrogens is 252 g/mol. The van der Waals surface area contributed by atoms with E-state index in [9.17, 15) is 4.79 Å². The predicted octanol–water partition coefficient (Wildman–Crippen LogP) is 2.28. The molecule has 0 bridgehead atoms. The van der Waals surface area contributed by atoms with Crippen molar-refractivity contribution in [2.45, 2.75) is 19.8 Å². The SMILES string of the molecule is CCCc1nc2c(cc1-c1ccncc1)[nH]c(=O)n2C. The van der Waals surface area contributed by atoms with Gasteiger partial charge >= 0.3 is 5.69 Å². The lowest BCUT2D eigenvalue weighted by Gasteiger charge is -2.08. The summed E-state index contributed by atoms with van der Waals surface area (Å²) in [6.07, 6.45) is 5.42. The van der Waals surface area contributed by atoms with Crippen molar-refractivity contribution in [2.24, 2.45) is 7.05 Å². The standard InChI is InChI=1S/C15H16N4O/c1-3-4-12-11(10-5-7-16-8-6-10)9-13-14(17-12)19(2)15(20)18-13/h5-9H,3-4H2,1-2H3,(H,18,20). The third-order valence-electron chi connectivity index (χ3n) is 3.42. The minimum absolute atomic E-state index is 0.137. The van der Waals surface area contributed by atoms with Crippen LogP contribution in [-0.4, -0.2) is 19.5 Å². The molecule has 0 aliphatic carbocycles. The monoisotopic (exact) mass is 268 g/mol. The van der Waals surface area contributed by atoms with E-state index in [0.29, 0.717) is 5.65 Å². The average molecular weight is 268 g/mol. The predicted molar refractivity (Wildman–Crippen MR) is 78.6 cm³/mol. The number of fused-ring (bicyclic) bond motifs is 1. The number of H-pyrrole nitrogens is 1. The number of nitrogens with zero attached hydrogens (tertiary/aromatic N) is 3. The van der Waals surface area contributed by atoms with Crippen LogP contribution in [0.15, 0.2) is 35.4 Å². The van der Waals surface area contributed by atoms with E-state index in [1.54, 1.807) is 24.0 Å². The van der Waals surface area contributed by atoms with Crippen LogP contribution in [-0.2, 0) is 13.5 Å². The number of imidazole rings is 1. The van der Waals surface area contributed by atoms with Gasteiger partial charge in [-0.05, 0) is 30.2 Å². The highest BCUT2D eigenvalue weighted by Gasteiger charge is 2.12. The smallest absolute Gasteiger partial charge is 0.304 e. The fourth-order valence-corrected chi connectivity index (χ4v) is 2.39. The summed E-state index contributed by atoms with van der Waals surface area (Å²) in [5.74, 6) is 0. The number of hydrogen-bond donors (Lipinski definition) is 1. The Morgan fingerprint density at radius 1 is 1.30 bits per heavy atom. The molecule has 0 amide bonds. The highest BCUT2D eigenvalue weighted by molar-refractivity contribution is 5.80. The van der Waals surface area contributed by atoms with Gasteiger partial charge in [0.05, 0.1) is 11.2 Å². The molecule has 3 heterocycles. The minimum atomic E-state index is -0.137. The van der Waals surface area contributed by atoms with Crippen LogP contribution in [0.2, 0.25) is 0 Å². The first kappa shape index (κ1) is 12.6. The number of aryl methyl sites for hydroxylation is 2. The van der Waals surface area contributed by atoms with Gasteiger partial charge in [-0.15, -0.1) is 0 Å². The van der Waals surface area contributed by atoms with E-state index in [2.05, 4.69) is 21.9 Å². The Kier molecular flexibility index (Phi) is 3.10. The Hall–Kier alpha value is -2.43. The molecule has 3 rings (SSSR count). The first-order valence-electron chi connectivity index (χ1n) is 6.69. The van der Waals surface area contributed by atoms with Crippen molar-refractivity contribution < 1.29 is 0 Å². The maximum Gasteiger partial charge on any atom is 0.327 e. The first-order valence-corrected chi connectivity index (χ1v) is 6.69. The third-order valence-corrected chi connectivity index (χ3v) is 3.42. The lowest BCUT2D eigenvalue weighted by atomic mass is 10.0. The molecule has 3 aromatic rings. The van der Waals surface area contributed by atoms with Gasteiger partial charge in [0.1, 0.15) is 0 Å². The molecule has 0 spiro atoms. The zero-order chi connectivity index (χ0) is 14.1. The Morgan fingerprint density at radius 3 is 2.75 bits per heavy atom. The van der Waals surface area contributed by atoms with E-state index in [4.69, 9.17) is 0 Å². The number of aromatic amines is 1. The molecule has 0 saturated carbocycles. The molecule has 0 saturated heterocycles. The first-order chi connectivity index (χ1) is 9.70. The second kappa shape index (κ2) is 4.92. The van der Waals surface area contributed by atoms with Crippen LogP contribution in [0.4, 0.5) is 0 Å². The highest BCUT2D eigenvalue weighted by Crippen LogP contribution is 2.25. The number of aromatic nitrogens is 4. The molecule has 0 fully saturated rings. The van der Waals surface area contributed by atoms with E-state index in [-0.39, 0.29) is 5.69 Å². The van der Waals surface area contributed by atoms with Crippen LogP contribution in [0.25, 0.3) is 22.3 Å². The van der Waals surface area contributed by atoms with E-state index in [1.807, 2.05) is 18.2 Å². The van der Waals surface area contributed by atoms with Crippen molar-refractivity contribution in [3.8, 4) is 11.1 Å². The van der Waals surface area contributed by atoms with Gasteiger partial charge in [0, 0.05) is 25.0 Å². The van der Waals surface area contributed by atoms with Crippen molar-refractivity contribution in [1.29, 1.82) is 0 Å². The number of hydrogen-bond acceptors (Lipinski definition) is 3. The van der Waals surface area contributed by atoms with Gasteiger partial charge in [-0.3, -0.25) is 9.55 Å². The Bertz CT molecular complexity index is 802. The van der Waals surface area contributed by atoms with E-state index in [0.717, 1.165) is 35.2 Å². The van der Waals surface area contributed by atoms with Gasteiger partial charge in [-0.2, -0.15) is 0 Å². The van der Waals surface area contributed by atoms with E-state index < -0.39 is 0 Å². The summed E-state index contributed by atoms with van der Waals surface area (Å²) in [6, 6.07) is 5.93. The Balaban J connectivity index is 2.29. The third kappa shape index (κ3) is 2.01. The number of nitrogens with one attached hydrogen (secondary N) is 1. The summed E-state index contributed by atoms with van der Waals surface area (Å²) in [6.45, 7) is 2.12. The Morgan fingerprint density at radius 2 is 2.05 bits per heavy atom. The zero-order valence-corrected chi connectivity index (χ0v) is 11.6. The molecule has 102 valence electrons. The maximum absolute atomic E-state index is 11.7. The molecule has 0 atom stereocenters. The summed E-state index contributed by atoms with van der Waals surface area (Å²) >= 11 is 0. The molecule has 0 aliphatic heterocycles. The van der Waals surface area contributed by atoms with Crippen molar-refractivity contribution in [1.82, 2.24) is 19.5 Å². The molecule has 20 heavy (non-hydrogen) atoms. The maximum atomic E-state index is 11.7. The molecule has 5 nitrogen and oxygen atoms in total. The summed E-state index contributed by atoms with van der Waals surface area (Å²) in [7, 11) is 1.73. The van der Waals surface area contributed by atoms with Crippen LogP contribution in [0, 0.1) is 0 Å². The van der Waals surface area contributed by atoms with Gasteiger partial charge in [0.15, 0.2) is 5.65 Å². The van der Waals surface area contributed by atoms with Crippen LogP contribution >= 0.6 is 0 Å². The van der Waals surface area contributed by atoms with Gasteiger partial charge in [0.25, 0.3) is 0 Å². The molecule has 0 unspecified atom stereocenters. The summed E-state index contributed by atoms with van der Waals surface area (Å²) in [5.41, 5.74) is 4.48. The Labute approximate surface area is 116 Å². The minimum Gasteiger partial charge on any atom is -0.304 e. The lowest BCUT2D eigenvalue weighted by molar-refractivity contribution is 0.855. The fourth-order valence-electron chi connectivity index (χ4n) is 2.39. The second-order valence-electron chi connectivity index (χ2n) is 4.83. The van der Waals surface area contributed by atoms with Crippen molar-refractivity contribution in [2.75, 3.05) is 0 Å². The van der Waals surface area contributed by atoms with Gasteiger partial charge in [-0.1, -0.05) is 13.3 Å². The zero-order valence-electron chi connectivity index (χ0n) is 11.6. The second-order valence-corrected chi connectivity index (χ2v) is 4.83. The van der Waals surface area contributed by atoms with E-state index >= 15 is 0 Å². The van der Waals surface area contributed by atoms with E-state index in [1.165, 1.54) is 0 Å². The largest absolute Gasteiger partial charge is 0.327 e. The van der Waals surface area contributed by atoms with Crippen molar-refractivity contribution in [3.05, 3.63) is 46.8 Å². The summed E-state index contributed by atoms with van der Waals surface area (Å²) in [4.78, 5) is 23.3. The molecule has 5 heteroatoms. The molecular formula is C15H16N4O. The normalized spacial score (nSPS) is 11.1.